The van der Waals surface area contributed by atoms with Crippen molar-refractivity contribution in [2.45, 2.75) is 44.8 Å². The molecule has 8 nitrogen and oxygen atoms in total. The van der Waals surface area contributed by atoms with Crippen LogP contribution in [0.15, 0.2) is 0 Å². The van der Waals surface area contributed by atoms with Gasteiger partial charge in [0.2, 0.25) is 5.91 Å². The molecule has 1 unspecified atom stereocenters. The monoisotopic (exact) mass is 314 g/mol. The quantitative estimate of drug-likeness (QED) is 0.607. The number of carbonyl (C=O) groups excluding carboxylic acids is 3. The molecule has 1 aliphatic rings. The molecule has 0 saturated carbocycles. The molecule has 3 atom stereocenters. The Bertz CT molecular complexity index is 443. The van der Waals surface area contributed by atoms with Gasteiger partial charge in [0.1, 0.15) is 6.04 Å². The van der Waals surface area contributed by atoms with Crippen LogP contribution in [-0.2, 0) is 14.3 Å². The van der Waals surface area contributed by atoms with E-state index in [4.69, 9.17) is 5.73 Å². The zero-order valence-corrected chi connectivity index (χ0v) is 13.6. The van der Waals surface area contributed by atoms with Crippen molar-refractivity contribution >= 4 is 17.9 Å². The van der Waals surface area contributed by atoms with Gasteiger partial charge in [-0.25, -0.2) is 4.79 Å². The molecule has 0 bridgehead atoms. The normalized spacial score (nSPS) is 21.7. The van der Waals surface area contributed by atoms with Gasteiger partial charge in [0, 0.05) is 19.5 Å². The molecule has 3 amide bonds. The van der Waals surface area contributed by atoms with Crippen LogP contribution < -0.4 is 16.4 Å². The van der Waals surface area contributed by atoms with E-state index in [-0.39, 0.29) is 11.8 Å². The molecule has 0 aromatic heterocycles. The van der Waals surface area contributed by atoms with Gasteiger partial charge in [-0.2, -0.15) is 0 Å². The van der Waals surface area contributed by atoms with Gasteiger partial charge in [-0.15, -0.1) is 0 Å². The molecular weight excluding hydrogens is 288 g/mol. The molecule has 4 N–H and O–H groups in total. The Morgan fingerprint density at radius 3 is 2.59 bits per heavy atom. The zero-order valence-electron chi connectivity index (χ0n) is 13.6. The Labute approximate surface area is 130 Å². The predicted octanol–water partition coefficient (Wildman–Crippen LogP) is -0.219. The SMILES string of the molecule is CC[C@@H](C)C(N)(NC(=O)OC)C(=O)N1CCC[C@H]1C(=O)NC. The number of nitrogens with one attached hydrogen (secondary N) is 2. The van der Waals surface area contributed by atoms with Gasteiger partial charge in [-0.3, -0.25) is 14.9 Å². The first kappa shape index (κ1) is 18.2. The Kier molecular flexibility index (Phi) is 6.16. The number of methoxy groups -OCH3 is 1. The predicted molar refractivity (Wildman–Crippen MR) is 80.7 cm³/mol. The summed E-state index contributed by atoms with van der Waals surface area (Å²) in [5.74, 6) is -1.00. The molecule has 126 valence electrons. The molecule has 8 heteroatoms. The van der Waals surface area contributed by atoms with E-state index >= 15 is 0 Å². The molecule has 0 radical (unpaired) electrons. The molecule has 1 heterocycles. The Balaban J connectivity index is 3.05. The number of alkyl carbamates (subject to hydrolysis) is 1. The number of ether oxygens (including phenoxy) is 1. The lowest BCUT2D eigenvalue weighted by Crippen LogP contribution is -2.70. The summed E-state index contributed by atoms with van der Waals surface area (Å²) in [6, 6.07) is -0.552. The maximum atomic E-state index is 12.9. The van der Waals surface area contributed by atoms with E-state index < -0.39 is 23.7 Å². The second-order valence-corrected chi connectivity index (χ2v) is 5.57. The molecule has 0 aromatic carbocycles. The average Bonchev–Trinajstić information content (AvgIpc) is 3.01. The summed E-state index contributed by atoms with van der Waals surface area (Å²) in [7, 11) is 2.74. The lowest BCUT2D eigenvalue weighted by Gasteiger charge is -2.38. The van der Waals surface area contributed by atoms with Gasteiger partial charge in [0.05, 0.1) is 7.11 Å². The van der Waals surface area contributed by atoms with E-state index in [1.807, 2.05) is 6.92 Å². The Morgan fingerprint density at radius 1 is 1.45 bits per heavy atom. The number of nitrogens with zero attached hydrogens (tertiary/aromatic N) is 1. The van der Waals surface area contributed by atoms with Crippen LogP contribution in [0, 0.1) is 5.92 Å². The minimum Gasteiger partial charge on any atom is -0.453 e. The highest BCUT2D eigenvalue weighted by molar-refractivity contribution is 5.94. The highest BCUT2D eigenvalue weighted by Crippen LogP contribution is 2.25. The highest BCUT2D eigenvalue weighted by Gasteiger charge is 2.47. The van der Waals surface area contributed by atoms with Crippen molar-refractivity contribution in [3.05, 3.63) is 0 Å². The van der Waals surface area contributed by atoms with E-state index in [9.17, 15) is 14.4 Å². The molecule has 1 aliphatic heterocycles. The molecule has 0 spiro atoms. The van der Waals surface area contributed by atoms with E-state index in [2.05, 4.69) is 15.4 Å². The summed E-state index contributed by atoms with van der Waals surface area (Å²) < 4.78 is 4.57. The zero-order chi connectivity index (χ0) is 16.9. The van der Waals surface area contributed by atoms with Crippen LogP contribution in [-0.4, -0.2) is 55.2 Å². The fraction of sp³-hybridized carbons (Fsp3) is 0.786. The Hall–Kier alpha value is -1.83. The number of likely N-dealkylation sites (tertiary alicyclic amines) is 1. The third kappa shape index (κ3) is 3.49. The molecule has 1 fully saturated rings. The van der Waals surface area contributed by atoms with Gasteiger partial charge in [-0.05, 0) is 19.3 Å². The maximum Gasteiger partial charge on any atom is 0.408 e. The van der Waals surface area contributed by atoms with Crippen LogP contribution in [0.25, 0.3) is 0 Å². The molecule has 22 heavy (non-hydrogen) atoms. The van der Waals surface area contributed by atoms with Gasteiger partial charge >= 0.3 is 6.09 Å². The van der Waals surface area contributed by atoms with Crippen molar-refractivity contribution in [3.63, 3.8) is 0 Å². The summed E-state index contributed by atoms with van der Waals surface area (Å²) >= 11 is 0. The first-order valence-corrected chi connectivity index (χ1v) is 7.49. The number of hydrogen-bond acceptors (Lipinski definition) is 5. The summed E-state index contributed by atoms with van der Waals surface area (Å²) in [4.78, 5) is 37.8. The van der Waals surface area contributed by atoms with E-state index in [1.165, 1.54) is 19.1 Å². The third-order valence-corrected chi connectivity index (χ3v) is 4.30. The fourth-order valence-electron chi connectivity index (χ4n) is 2.62. The van der Waals surface area contributed by atoms with Crippen molar-refractivity contribution in [3.8, 4) is 0 Å². The number of rotatable bonds is 5. The minimum absolute atomic E-state index is 0.226. The van der Waals surface area contributed by atoms with Crippen LogP contribution in [0.5, 0.6) is 0 Å². The van der Waals surface area contributed by atoms with Gasteiger partial charge < -0.3 is 20.7 Å². The van der Waals surface area contributed by atoms with E-state index in [0.717, 1.165) is 6.42 Å². The number of nitrogens with two attached hydrogens (primary N) is 1. The number of carbonyl (C=O) groups is 3. The molecule has 1 saturated heterocycles. The second kappa shape index (κ2) is 7.44. The summed E-state index contributed by atoms with van der Waals surface area (Å²) in [5.41, 5.74) is 4.62. The van der Waals surface area contributed by atoms with Crippen molar-refractivity contribution in [2.75, 3.05) is 20.7 Å². The maximum absolute atomic E-state index is 12.9. The van der Waals surface area contributed by atoms with Crippen LogP contribution in [0.2, 0.25) is 0 Å². The molecule has 0 aliphatic carbocycles. The van der Waals surface area contributed by atoms with Crippen molar-refractivity contribution in [1.82, 2.24) is 15.5 Å². The van der Waals surface area contributed by atoms with E-state index in [1.54, 1.807) is 6.92 Å². The highest BCUT2D eigenvalue weighted by atomic mass is 16.5. The average molecular weight is 314 g/mol. The Morgan fingerprint density at radius 2 is 2.09 bits per heavy atom. The number of hydrogen-bond donors (Lipinski definition) is 3. The van der Waals surface area contributed by atoms with E-state index in [0.29, 0.717) is 19.4 Å². The second-order valence-electron chi connectivity index (χ2n) is 5.57. The summed E-state index contributed by atoms with van der Waals surface area (Å²) in [6.45, 7) is 4.09. The molecule has 0 aromatic rings. The lowest BCUT2D eigenvalue weighted by molar-refractivity contribution is -0.145. The minimum atomic E-state index is -1.60. The number of likely N-dealkylation sites (N-methyl/N-ethyl adjacent to an activating group) is 1. The largest absolute Gasteiger partial charge is 0.453 e. The lowest BCUT2D eigenvalue weighted by atomic mass is 9.90. The first-order valence-electron chi connectivity index (χ1n) is 7.49. The van der Waals surface area contributed by atoms with Crippen molar-refractivity contribution < 1.29 is 19.1 Å². The molecular formula is C14H26N4O4. The van der Waals surface area contributed by atoms with Crippen LogP contribution in [0.1, 0.15) is 33.1 Å². The summed E-state index contributed by atoms with van der Waals surface area (Å²) in [6.07, 6.45) is 1.12. The van der Waals surface area contributed by atoms with Crippen molar-refractivity contribution in [2.24, 2.45) is 11.7 Å². The molecule has 1 rings (SSSR count). The third-order valence-electron chi connectivity index (χ3n) is 4.30. The smallest absolute Gasteiger partial charge is 0.408 e. The first-order chi connectivity index (χ1) is 10.3. The van der Waals surface area contributed by atoms with Gasteiger partial charge in [0.25, 0.3) is 5.91 Å². The van der Waals surface area contributed by atoms with Gasteiger partial charge in [0.15, 0.2) is 5.66 Å². The standard InChI is InChI=1S/C14H26N4O4/c1-5-9(2)14(15,17-13(21)22-4)12(20)18-8-6-7-10(18)11(19)16-3/h9-10H,5-8,15H2,1-4H3,(H,16,19)(H,17,21)/t9-,10+,14?/m1/s1. The number of amides is 3. The topological polar surface area (TPSA) is 114 Å². The van der Waals surface area contributed by atoms with Crippen LogP contribution >= 0.6 is 0 Å². The van der Waals surface area contributed by atoms with Gasteiger partial charge in [-0.1, -0.05) is 13.8 Å². The summed E-state index contributed by atoms with van der Waals surface area (Å²) in [5, 5.41) is 4.99. The fourth-order valence-corrected chi connectivity index (χ4v) is 2.62. The van der Waals surface area contributed by atoms with Crippen LogP contribution in [0.4, 0.5) is 4.79 Å². The van der Waals surface area contributed by atoms with Crippen molar-refractivity contribution in [1.29, 1.82) is 0 Å². The van der Waals surface area contributed by atoms with Crippen LogP contribution in [0.3, 0.4) is 0 Å².